The molecule has 6 rings (SSSR count). The minimum absolute atomic E-state index is 0.0727. The van der Waals surface area contributed by atoms with Crippen molar-refractivity contribution in [3.8, 4) is 6.07 Å². The molecule has 4 heteroatoms. The number of hydrogen-bond donors (Lipinski definition) is 0. The van der Waals surface area contributed by atoms with Crippen molar-refractivity contribution >= 4 is 11.2 Å². The second kappa shape index (κ2) is 6.93. The van der Waals surface area contributed by atoms with Gasteiger partial charge in [-0.3, -0.25) is 0 Å². The van der Waals surface area contributed by atoms with E-state index in [1.54, 1.807) is 5.57 Å². The lowest BCUT2D eigenvalue weighted by Gasteiger charge is -2.70. The normalized spacial score (nSPS) is 42.3. The monoisotopic (exact) mass is 473 g/mol. The summed E-state index contributed by atoms with van der Waals surface area (Å²) in [5, 5.41) is 10.1. The Morgan fingerprint density at radius 3 is 2.51 bits per heavy atom. The van der Waals surface area contributed by atoms with Crippen LogP contribution in [0.4, 0.5) is 0 Å². The molecule has 2 aromatic rings. The molecule has 0 N–H and O–H groups in total. The number of nitriles is 1. The van der Waals surface area contributed by atoms with E-state index in [4.69, 9.17) is 8.83 Å². The fourth-order valence-corrected chi connectivity index (χ4v) is 9.74. The van der Waals surface area contributed by atoms with Gasteiger partial charge in [-0.25, -0.2) is 4.79 Å². The SMILES string of the molecule is CC[C@@]12CC[C@]3(C)C(=CCc4c3cc3oc(=O)oc3c4C)[C@@]1(C)CC[C@@]1(C)CC[C@@](C)(C#N)C[C@H]12. The van der Waals surface area contributed by atoms with Crippen LogP contribution in [-0.2, 0) is 11.8 Å². The van der Waals surface area contributed by atoms with Crippen molar-refractivity contribution in [1.82, 2.24) is 0 Å². The van der Waals surface area contributed by atoms with E-state index in [1.807, 2.05) is 0 Å². The third kappa shape index (κ3) is 2.71. The maximum absolute atomic E-state index is 11.9. The first-order valence-corrected chi connectivity index (χ1v) is 13.6. The van der Waals surface area contributed by atoms with Crippen molar-refractivity contribution < 1.29 is 8.83 Å². The maximum atomic E-state index is 11.9. The van der Waals surface area contributed by atoms with Gasteiger partial charge in [-0.15, -0.1) is 0 Å². The van der Waals surface area contributed by atoms with E-state index in [0.717, 1.165) is 31.2 Å². The summed E-state index contributed by atoms with van der Waals surface area (Å²) in [6.45, 7) is 14.2. The zero-order valence-electron chi connectivity index (χ0n) is 22.3. The van der Waals surface area contributed by atoms with Crippen LogP contribution in [0.2, 0.25) is 0 Å². The van der Waals surface area contributed by atoms with E-state index in [-0.39, 0.29) is 21.7 Å². The summed E-state index contributed by atoms with van der Waals surface area (Å²) < 4.78 is 10.9. The van der Waals surface area contributed by atoms with Crippen LogP contribution in [0.15, 0.2) is 31.3 Å². The van der Waals surface area contributed by atoms with Gasteiger partial charge in [0.25, 0.3) is 0 Å². The van der Waals surface area contributed by atoms with E-state index in [1.165, 1.54) is 43.2 Å². The molecule has 4 nitrogen and oxygen atoms in total. The summed E-state index contributed by atoms with van der Waals surface area (Å²) in [5.41, 5.74) is 6.82. The molecule has 4 aliphatic rings. The second-order valence-corrected chi connectivity index (χ2v) is 13.4. The number of aryl methyl sites for hydroxylation is 1. The van der Waals surface area contributed by atoms with Crippen LogP contribution in [0.3, 0.4) is 0 Å². The second-order valence-electron chi connectivity index (χ2n) is 13.4. The smallest absolute Gasteiger partial charge is 0.391 e. The van der Waals surface area contributed by atoms with Gasteiger partial charge in [0.15, 0.2) is 11.2 Å². The molecule has 0 spiro atoms. The van der Waals surface area contributed by atoms with Gasteiger partial charge in [0.05, 0.1) is 11.5 Å². The van der Waals surface area contributed by atoms with Gasteiger partial charge in [0.2, 0.25) is 0 Å². The molecule has 35 heavy (non-hydrogen) atoms. The van der Waals surface area contributed by atoms with E-state index in [9.17, 15) is 10.1 Å². The molecule has 6 atom stereocenters. The van der Waals surface area contributed by atoms with Gasteiger partial charge in [-0.1, -0.05) is 39.3 Å². The summed E-state index contributed by atoms with van der Waals surface area (Å²) in [4.78, 5) is 11.9. The topological polar surface area (TPSA) is 67.1 Å². The van der Waals surface area contributed by atoms with Crippen LogP contribution in [0, 0.1) is 45.8 Å². The van der Waals surface area contributed by atoms with Crippen molar-refractivity contribution in [1.29, 1.82) is 5.26 Å². The zero-order chi connectivity index (χ0) is 25.0. The summed E-state index contributed by atoms with van der Waals surface area (Å²) in [5.74, 6) is -0.0473. The summed E-state index contributed by atoms with van der Waals surface area (Å²) in [6, 6.07) is 4.83. The van der Waals surface area contributed by atoms with Crippen LogP contribution in [0.1, 0.15) is 103 Å². The third-order valence-corrected chi connectivity index (χ3v) is 12.0. The molecule has 1 aromatic heterocycles. The molecule has 0 bridgehead atoms. The molecule has 1 aromatic carbocycles. The van der Waals surface area contributed by atoms with Crippen LogP contribution in [0.25, 0.3) is 11.2 Å². The predicted molar refractivity (Wildman–Crippen MR) is 137 cm³/mol. The van der Waals surface area contributed by atoms with Crippen molar-refractivity contribution in [3.63, 3.8) is 0 Å². The fourth-order valence-electron chi connectivity index (χ4n) is 9.74. The number of allylic oxidation sites excluding steroid dienone is 2. The number of hydrogen-bond acceptors (Lipinski definition) is 4. The first kappa shape index (κ1) is 23.1. The Morgan fingerprint density at radius 1 is 1.06 bits per heavy atom. The van der Waals surface area contributed by atoms with Crippen LogP contribution in [0.5, 0.6) is 0 Å². The van der Waals surface area contributed by atoms with E-state index in [2.05, 4.69) is 59.8 Å². The lowest BCUT2D eigenvalue weighted by atomic mass is 9.33. The first-order valence-electron chi connectivity index (χ1n) is 13.6. The van der Waals surface area contributed by atoms with E-state index in [0.29, 0.717) is 22.5 Å². The molecule has 1 heterocycles. The highest BCUT2D eigenvalue weighted by atomic mass is 16.6. The third-order valence-electron chi connectivity index (χ3n) is 12.0. The number of rotatable bonds is 1. The number of fused-ring (bicyclic) bond motifs is 8. The van der Waals surface area contributed by atoms with E-state index < -0.39 is 5.82 Å². The number of nitrogens with zero attached hydrogens (tertiary/aromatic N) is 1. The standard InChI is InChI=1S/C31H39NO3/c1-7-31-15-13-29(5)21-16-22-25(35-26(33)34-22)19(2)20(21)8-9-23(29)30(31,6)14-12-28(4)11-10-27(3,18-32)17-24(28)31/h9,16,24H,7-8,10-15,17H2,1-6H3/t24-,27-,28-,29+,30-,31+/m1/s1. The molecular weight excluding hydrogens is 434 g/mol. The van der Waals surface area contributed by atoms with Crippen molar-refractivity contribution in [2.75, 3.05) is 0 Å². The Labute approximate surface area is 208 Å². The Kier molecular flexibility index (Phi) is 4.58. The molecule has 3 fully saturated rings. The average Bonchev–Trinajstić information content (AvgIpc) is 3.21. The van der Waals surface area contributed by atoms with Crippen LogP contribution < -0.4 is 5.82 Å². The maximum Gasteiger partial charge on any atom is 0.519 e. The molecule has 0 radical (unpaired) electrons. The quantitative estimate of drug-likeness (QED) is 0.397. The lowest BCUT2D eigenvalue weighted by molar-refractivity contribution is -0.164. The molecule has 0 saturated heterocycles. The van der Waals surface area contributed by atoms with Crippen LogP contribution in [-0.4, -0.2) is 0 Å². The first-order chi connectivity index (χ1) is 16.5. The summed E-state index contributed by atoms with van der Waals surface area (Å²) in [6.07, 6.45) is 12.6. The predicted octanol–water partition coefficient (Wildman–Crippen LogP) is 7.76. The summed E-state index contributed by atoms with van der Waals surface area (Å²) >= 11 is 0. The van der Waals surface area contributed by atoms with Crippen LogP contribution >= 0.6 is 0 Å². The highest BCUT2D eigenvalue weighted by Gasteiger charge is 2.67. The van der Waals surface area contributed by atoms with Crippen molar-refractivity contribution in [2.24, 2.45) is 27.6 Å². The van der Waals surface area contributed by atoms with Gasteiger partial charge < -0.3 is 8.83 Å². The van der Waals surface area contributed by atoms with Crippen molar-refractivity contribution in [3.05, 3.63) is 45.0 Å². The van der Waals surface area contributed by atoms with Gasteiger partial charge in [-0.05, 0) is 117 Å². The summed E-state index contributed by atoms with van der Waals surface area (Å²) in [7, 11) is 0. The average molecular weight is 474 g/mol. The van der Waals surface area contributed by atoms with Gasteiger partial charge in [0, 0.05) is 5.41 Å². The Bertz CT molecular complexity index is 1370. The largest absolute Gasteiger partial charge is 0.519 e. The molecular formula is C31H39NO3. The fraction of sp³-hybridized carbons (Fsp3) is 0.677. The van der Waals surface area contributed by atoms with Gasteiger partial charge in [0.1, 0.15) is 0 Å². The van der Waals surface area contributed by atoms with Crippen molar-refractivity contribution in [2.45, 2.75) is 105 Å². The Hall–Kier alpha value is -2.28. The minimum Gasteiger partial charge on any atom is -0.391 e. The minimum atomic E-state index is -0.617. The molecule has 0 unspecified atom stereocenters. The van der Waals surface area contributed by atoms with E-state index >= 15 is 0 Å². The molecule has 0 amide bonds. The molecule has 3 saturated carbocycles. The Balaban J connectivity index is 1.52. The zero-order valence-corrected chi connectivity index (χ0v) is 22.3. The molecule has 0 aliphatic heterocycles. The molecule has 4 aliphatic carbocycles. The van der Waals surface area contributed by atoms with Gasteiger partial charge >= 0.3 is 5.82 Å². The number of benzene rings is 1. The highest BCUT2D eigenvalue weighted by Crippen LogP contribution is 2.75. The Morgan fingerprint density at radius 2 is 1.80 bits per heavy atom. The highest BCUT2D eigenvalue weighted by molar-refractivity contribution is 5.78. The van der Waals surface area contributed by atoms with Gasteiger partial charge in [-0.2, -0.15) is 5.26 Å². The lowest BCUT2D eigenvalue weighted by Crippen LogP contribution is -2.63. The molecule has 186 valence electrons.